The molecule has 2 saturated heterocycles. The topological polar surface area (TPSA) is 71.7 Å². The van der Waals surface area contributed by atoms with E-state index in [4.69, 9.17) is 10.5 Å². The number of primary amides is 1. The highest BCUT2D eigenvalue weighted by atomic mass is 32.1. The molecule has 2 aliphatic rings. The molecule has 2 aromatic rings. The lowest BCUT2D eigenvalue weighted by Crippen LogP contribution is -2.43. The fourth-order valence-corrected chi connectivity index (χ4v) is 4.45. The minimum Gasteiger partial charge on any atom is -0.379 e. The first-order valence-electron chi connectivity index (χ1n) is 8.55. The molecule has 7 heteroatoms. The maximum Gasteiger partial charge on any atom is 0.268 e. The normalized spacial score (nSPS) is 24.1. The van der Waals surface area contributed by atoms with Crippen molar-refractivity contribution >= 4 is 22.4 Å². The molecule has 4 rings (SSSR count). The summed E-state index contributed by atoms with van der Waals surface area (Å²) >= 11 is 1.49. The molecule has 2 bridgehead atoms. The van der Waals surface area contributed by atoms with Gasteiger partial charge in [0.25, 0.3) is 5.91 Å². The van der Waals surface area contributed by atoms with Crippen LogP contribution in [0.3, 0.4) is 0 Å². The fourth-order valence-electron chi connectivity index (χ4n) is 3.62. The molecule has 0 saturated carbocycles. The fraction of sp³-hybridized carbons (Fsp3) is 0.444. The second-order valence-electron chi connectivity index (χ2n) is 6.76. The van der Waals surface area contributed by atoms with E-state index in [1.54, 1.807) is 5.38 Å². The third-order valence-electron chi connectivity index (χ3n) is 4.83. The van der Waals surface area contributed by atoms with Crippen molar-refractivity contribution in [2.24, 2.45) is 11.7 Å². The average molecular weight is 358 g/mol. The van der Waals surface area contributed by atoms with Crippen molar-refractivity contribution in [2.75, 3.05) is 37.7 Å². The van der Waals surface area contributed by atoms with E-state index in [1.165, 1.54) is 16.9 Å². The maximum atomic E-state index is 11.3. The van der Waals surface area contributed by atoms with E-state index in [-0.39, 0.29) is 0 Å². The first-order valence-corrected chi connectivity index (χ1v) is 9.43. The van der Waals surface area contributed by atoms with Crippen LogP contribution < -0.4 is 10.6 Å². The molecule has 2 aliphatic heterocycles. The number of nitrogens with two attached hydrogens (primary N) is 1. The van der Waals surface area contributed by atoms with E-state index < -0.39 is 5.91 Å². The largest absolute Gasteiger partial charge is 0.379 e. The van der Waals surface area contributed by atoms with E-state index in [0.717, 1.165) is 44.5 Å². The zero-order valence-electron chi connectivity index (χ0n) is 14.0. The van der Waals surface area contributed by atoms with Gasteiger partial charge < -0.3 is 15.4 Å². The zero-order chi connectivity index (χ0) is 17.2. The lowest BCUT2D eigenvalue weighted by molar-refractivity contribution is 0.0873. The molecule has 6 nitrogen and oxygen atoms in total. The number of carbonyl (C=O) groups is 1. The summed E-state index contributed by atoms with van der Waals surface area (Å²) in [5.41, 5.74) is 7.03. The molecule has 2 N–H and O–H groups in total. The van der Waals surface area contributed by atoms with E-state index in [2.05, 4.69) is 39.0 Å². The Bertz CT molecular complexity index is 736. The van der Waals surface area contributed by atoms with Crippen LogP contribution in [0.5, 0.6) is 0 Å². The molecule has 1 aromatic heterocycles. The summed E-state index contributed by atoms with van der Waals surface area (Å²) in [7, 11) is 0. The molecule has 132 valence electrons. The van der Waals surface area contributed by atoms with Crippen molar-refractivity contribution in [3.05, 3.63) is 47.0 Å². The van der Waals surface area contributed by atoms with Gasteiger partial charge in [-0.15, -0.1) is 11.3 Å². The number of anilines is 1. The van der Waals surface area contributed by atoms with Crippen LogP contribution in [-0.2, 0) is 11.3 Å². The van der Waals surface area contributed by atoms with Crippen LogP contribution in [0.4, 0.5) is 5.13 Å². The summed E-state index contributed by atoms with van der Waals surface area (Å²) in [6.45, 7) is 5.20. The van der Waals surface area contributed by atoms with Crippen LogP contribution in [-0.4, -0.2) is 54.7 Å². The van der Waals surface area contributed by atoms with Crippen LogP contribution in [0.2, 0.25) is 0 Å². The number of hydrogen-bond donors (Lipinski definition) is 1. The Hall–Kier alpha value is -1.96. The minimum atomic E-state index is -0.466. The van der Waals surface area contributed by atoms with Crippen molar-refractivity contribution in [1.29, 1.82) is 0 Å². The molecule has 1 aromatic carbocycles. The Morgan fingerprint density at radius 3 is 2.84 bits per heavy atom. The monoisotopic (exact) mass is 358 g/mol. The number of thiazole rings is 1. The SMILES string of the molecule is NC(=O)c1csc(N2C[C@@H]3COC[C@H](C2)N(Cc2ccccc2)C3)n1. The Morgan fingerprint density at radius 2 is 2.08 bits per heavy atom. The lowest BCUT2D eigenvalue weighted by Gasteiger charge is -2.31. The summed E-state index contributed by atoms with van der Waals surface area (Å²) in [6, 6.07) is 10.9. The Balaban J connectivity index is 1.54. The van der Waals surface area contributed by atoms with Crippen molar-refractivity contribution in [3.8, 4) is 0 Å². The molecule has 3 heterocycles. The first-order chi connectivity index (χ1) is 12.2. The van der Waals surface area contributed by atoms with Crippen LogP contribution in [0.25, 0.3) is 0 Å². The molecular formula is C18H22N4O2S. The van der Waals surface area contributed by atoms with Gasteiger partial charge in [0.1, 0.15) is 5.69 Å². The standard InChI is InChI=1S/C18H22N4O2S/c19-17(23)16-12-25-18(20-16)22-8-14-7-21(15(9-22)11-24-10-14)6-13-4-2-1-3-5-13/h1-5,12,14-15H,6-11H2,(H2,19,23)/t14-,15+/m1/s1. The highest BCUT2D eigenvalue weighted by Crippen LogP contribution is 2.28. The number of hydrogen-bond acceptors (Lipinski definition) is 6. The van der Waals surface area contributed by atoms with Crippen molar-refractivity contribution in [1.82, 2.24) is 9.88 Å². The third kappa shape index (κ3) is 3.68. The number of benzene rings is 1. The Kier molecular flexibility index (Phi) is 4.70. The van der Waals surface area contributed by atoms with Gasteiger partial charge in [-0.25, -0.2) is 4.98 Å². The van der Waals surface area contributed by atoms with Crippen LogP contribution in [0.1, 0.15) is 16.1 Å². The van der Waals surface area contributed by atoms with Crippen LogP contribution in [0, 0.1) is 5.92 Å². The number of nitrogens with zero attached hydrogens (tertiary/aromatic N) is 3. The predicted molar refractivity (Wildman–Crippen MR) is 97.8 cm³/mol. The number of carbonyl (C=O) groups excluding carboxylic acids is 1. The minimum absolute atomic E-state index is 0.314. The Labute approximate surface area is 151 Å². The average Bonchev–Trinajstić information content (AvgIpc) is 2.93. The van der Waals surface area contributed by atoms with Crippen LogP contribution in [0.15, 0.2) is 35.7 Å². The molecule has 1 amide bonds. The molecule has 25 heavy (non-hydrogen) atoms. The highest BCUT2D eigenvalue weighted by Gasteiger charge is 2.34. The van der Waals surface area contributed by atoms with E-state index in [0.29, 0.717) is 17.7 Å². The van der Waals surface area contributed by atoms with Gasteiger partial charge in [-0.2, -0.15) is 0 Å². The van der Waals surface area contributed by atoms with Gasteiger partial charge in [0, 0.05) is 37.5 Å². The van der Waals surface area contributed by atoms with Crippen molar-refractivity contribution < 1.29 is 9.53 Å². The highest BCUT2D eigenvalue weighted by molar-refractivity contribution is 7.13. The summed E-state index contributed by atoms with van der Waals surface area (Å²) in [5.74, 6) is -0.0382. The van der Waals surface area contributed by atoms with Gasteiger partial charge in [-0.05, 0) is 5.56 Å². The lowest BCUT2D eigenvalue weighted by atomic mass is 10.1. The van der Waals surface area contributed by atoms with Gasteiger partial charge in [-0.1, -0.05) is 30.3 Å². The summed E-state index contributed by atoms with van der Waals surface area (Å²) in [6.07, 6.45) is 0. The van der Waals surface area contributed by atoms with Crippen molar-refractivity contribution in [3.63, 3.8) is 0 Å². The second-order valence-corrected chi connectivity index (χ2v) is 7.59. The van der Waals surface area contributed by atoms with E-state index >= 15 is 0 Å². The number of amides is 1. The molecule has 0 spiro atoms. The van der Waals surface area contributed by atoms with Crippen molar-refractivity contribution in [2.45, 2.75) is 12.6 Å². The molecule has 2 atom stereocenters. The van der Waals surface area contributed by atoms with Gasteiger partial charge in [0.2, 0.25) is 0 Å². The zero-order valence-corrected chi connectivity index (χ0v) is 14.8. The van der Waals surface area contributed by atoms with Gasteiger partial charge in [0.05, 0.1) is 19.3 Å². The quantitative estimate of drug-likeness (QED) is 0.898. The summed E-state index contributed by atoms with van der Waals surface area (Å²) in [5, 5.41) is 2.63. The molecule has 0 radical (unpaired) electrons. The maximum absolute atomic E-state index is 11.3. The van der Waals surface area contributed by atoms with Gasteiger partial charge in [-0.3, -0.25) is 9.69 Å². The van der Waals surface area contributed by atoms with Crippen LogP contribution >= 0.6 is 11.3 Å². The Morgan fingerprint density at radius 1 is 1.24 bits per heavy atom. The van der Waals surface area contributed by atoms with E-state index in [9.17, 15) is 4.79 Å². The number of rotatable bonds is 4. The smallest absolute Gasteiger partial charge is 0.268 e. The summed E-state index contributed by atoms with van der Waals surface area (Å²) in [4.78, 5) is 20.6. The van der Waals surface area contributed by atoms with Gasteiger partial charge in [0.15, 0.2) is 5.13 Å². The molecule has 0 unspecified atom stereocenters. The van der Waals surface area contributed by atoms with Gasteiger partial charge >= 0.3 is 0 Å². The van der Waals surface area contributed by atoms with E-state index in [1.807, 2.05) is 6.07 Å². The number of aromatic nitrogens is 1. The predicted octanol–water partition coefficient (Wildman–Crippen LogP) is 1.58. The number of fused-ring (bicyclic) bond motifs is 3. The molecule has 2 fully saturated rings. The summed E-state index contributed by atoms with van der Waals surface area (Å²) < 4.78 is 5.90. The molecular weight excluding hydrogens is 336 g/mol. The number of ether oxygens (including phenoxy) is 1. The molecule has 0 aliphatic carbocycles. The second kappa shape index (κ2) is 7.11. The third-order valence-corrected chi connectivity index (χ3v) is 5.73. The first kappa shape index (κ1) is 16.5.